The van der Waals surface area contributed by atoms with Crippen molar-refractivity contribution in [3.63, 3.8) is 0 Å². The molecule has 4 nitrogen and oxygen atoms in total. The van der Waals surface area contributed by atoms with Gasteiger partial charge < -0.3 is 4.74 Å². The predicted octanol–water partition coefficient (Wildman–Crippen LogP) is 3.97. The number of nitro groups is 1. The molecule has 0 unspecified atom stereocenters. The van der Waals surface area contributed by atoms with E-state index in [1.54, 1.807) is 18.2 Å². The molecule has 2 aromatic rings. The molecule has 0 atom stereocenters. The van der Waals surface area contributed by atoms with Crippen molar-refractivity contribution >= 4 is 17.3 Å². The second-order valence-electron chi connectivity index (χ2n) is 3.75. The Hall–Kier alpha value is -2.14. The van der Waals surface area contributed by atoms with E-state index in [0.717, 1.165) is 0 Å². The zero-order chi connectivity index (χ0) is 13.8. The molecule has 0 saturated carbocycles. The molecule has 0 amide bonds. The number of ether oxygens (including phenoxy) is 1. The molecule has 0 spiro atoms. The van der Waals surface area contributed by atoms with Crippen molar-refractivity contribution < 1.29 is 14.1 Å². The summed E-state index contributed by atoms with van der Waals surface area (Å²) in [6.45, 7) is 0.00417. The Labute approximate surface area is 113 Å². The standard InChI is InChI=1S/C13H9ClFNO3/c14-11-7-10(16(17)18)5-6-13(11)19-8-9-3-1-2-4-12(9)15/h1-7H,8H2. The Kier molecular flexibility index (Phi) is 3.97. The van der Waals surface area contributed by atoms with Gasteiger partial charge in [0.2, 0.25) is 0 Å². The molecule has 2 rings (SSSR count). The fourth-order valence-corrected chi connectivity index (χ4v) is 1.72. The van der Waals surface area contributed by atoms with Gasteiger partial charge in [0.15, 0.2) is 0 Å². The summed E-state index contributed by atoms with van der Waals surface area (Å²) in [7, 11) is 0. The van der Waals surface area contributed by atoms with Crippen LogP contribution in [0, 0.1) is 15.9 Å². The van der Waals surface area contributed by atoms with Crippen LogP contribution >= 0.6 is 11.6 Å². The highest BCUT2D eigenvalue weighted by molar-refractivity contribution is 6.32. The van der Waals surface area contributed by atoms with Crippen molar-refractivity contribution in [3.8, 4) is 5.75 Å². The van der Waals surface area contributed by atoms with Gasteiger partial charge in [-0.3, -0.25) is 10.1 Å². The maximum atomic E-state index is 13.4. The summed E-state index contributed by atoms with van der Waals surface area (Å²) in [6, 6.07) is 10.1. The molecule has 0 aliphatic carbocycles. The van der Waals surface area contributed by atoms with Gasteiger partial charge in [0, 0.05) is 17.7 Å². The third-order valence-electron chi connectivity index (χ3n) is 2.47. The van der Waals surface area contributed by atoms with E-state index in [4.69, 9.17) is 16.3 Å². The molecule has 0 bridgehead atoms. The Morgan fingerprint density at radius 3 is 2.63 bits per heavy atom. The van der Waals surface area contributed by atoms with Gasteiger partial charge >= 0.3 is 0 Å². The van der Waals surface area contributed by atoms with Gasteiger partial charge in [-0.05, 0) is 12.1 Å². The zero-order valence-corrected chi connectivity index (χ0v) is 10.4. The first kappa shape index (κ1) is 13.3. The molecule has 0 heterocycles. The lowest BCUT2D eigenvalue weighted by molar-refractivity contribution is -0.384. The normalized spacial score (nSPS) is 10.2. The summed E-state index contributed by atoms with van der Waals surface area (Å²) in [5.41, 5.74) is 0.264. The molecule has 0 aliphatic rings. The first-order valence-electron chi connectivity index (χ1n) is 5.38. The van der Waals surface area contributed by atoms with Crippen LogP contribution in [-0.4, -0.2) is 4.92 Å². The highest BCUT2D eigenvalue weighted by atomic mass is 35.5. The van der Waals surface area contributed by atoms with Gasteiger partial charge in [0.05, 0.1) is 9.95 Å². The van der Waals surface area contributed by atoms with E-state index in [1.165, 1.54) is 24.3 Å². The second kappa shape index (κ2) is 5.67. The average molecular weight is 282 g/mol. The number of benzene rings is 2. The van der Waals surface area contributed by atoms with Gasteiger partial charge in [-0.2, -0.15) is 0 Å². The van der Waals surface area contributed by atoms with Crippen molar-refractivity contribution in [1.29, 1.82) is 0 Å². The summed E-state index contributed by atoms with van der Waals surface area (Å²) in [4.78, 5) is 10.00. The second-order valence-corrected chi connectivity index (χ2v) is 4.16. The van der Waals surface area contributed by atoms with Crippen LogP contribution in [0.3, 0.4) is 0 Å². The van der Waals surface area contributed by atoms with Gasteiger partial charge in [-0.15, -0.1) is 0 Å². The van der Waals surface area contributed by atoms with E-state index in [-0.39, 0.29) is 28.9 Å². The summed E-state index contributed by atoms with van der Waals surface area (Å²) in [5, 5.41) is 10.7. The van der Waals surface area contributed by atoms with E-state index >= 15 is 0 Å². The number of hydrogen-bond acceptors (Lipinski definition) is 3. The van der Waals surface area contributed by atoms with E-state index in [0.29, 0.717) is 5.56 Å². The van der Waals surface area contributed by atoms with Gasteiger partial charge in [0.25, 0.3) is 5.69 Å². The Bertz CT molecular complexity index is 619. The molecule has 98 valence electrons. The van der Waals surface area contributed by atoms with Crippen molar-refractivity contribution in [2.45, 2.75) is 6.61 Å². The minimum Gasteiger partial charge on any atom is -0.487 e. The minimum atomic E-state index is -0.549. The van der Waals surface area contributed by atoms with Crippen LogP contribution in [0.1, 0.15) is 5.56 Å². The van der Waals surface area contributed by atoms with Gasteiger partial charge in [0.1, 0.15) is 18.2 Å². The summed E-state index contributed by atoms with van der Waals surface area (Å²) in [6.07, 6.45) is 0. The van der Waals surface area contributed by atoms with E-state index in [2.05, 4.69) is 0 Å². The van der Waals surface area contributed by atoms with Gasteiger partial charge in [-0.25, -0.2) is 4.39 Å². The number of nitro benzene ring substituents is 1. The molecule has 0 aromatic heterocycles. The summed E-state index contributed by atoms with van der Waals surface area (Å²) >= 11 is 5.86. The van der Waals surface area contributed by atoms with Crippen LogP contribution in [0.2, 0.25) is 5.02 Å². The summed E-state index contributed by atoms with van der Waals surface area (Å²) in [5.74, 6) is -0.101. The number of nitrogens with zero attached hydrogens (tertiary/aromatic N) is 1. The Balaban J connectivity index is 2.12. The molecular weight excluding hydrogens is 273 g/mol. The van der Waals surface area contributed by atoms with Gasteiger partial charge in [-0.1, -0.05) is 29.8 Å². The van der Waals surface area contributed by atoms with Crippen LogP contribution < -0.4 is 4.74 Å². The Morgan fingerprint density at radius 1 is 1.26 bits per heavy atom. The maximum Gasteiger partial charge on any atom is 0.271 e. The summed E-state index contributed by atoms with van der Waals surface area (Å²) < 4.78 is 18.7. The lowest BCUT2D eigenvalue weighted by Crippen LogP contribution is -1.99. The average Bonchev–Trinajstić information content (AvgIpc) is 2.39. The fraction of sp³-hybridized carbons (Fsp3) is 0.0769. The Morgan fingerprint density at radius 2 is 2.00 bits per heavy atom. The third kappa shape index (κ3) is 3.20. The molecule has 0 fully saturated rings. The van der Waals surface area contributed by atoms with Crippen molar-refractivity contribution in [2.75, 3.05) is 0 Å². The number of halogens is 2. The van der Waals surface area contributed by atoms with Crippen LogP contribution in [0.4, 0.5) is 10.1 Å². The SMILES string of the molecule is O=[N+]([O-])c1ccc(OCc2ccccc2F)c(Cl)c1. The molecule has 19 heavy (non-hydrogen) atoms. The quantitative estimate of drug-likeness (QED) is 0.629. The van der Waals surface area contributed by atoms with Crippen LogP contribution in [0.15, 0.2) is 42.5 Å². The highest BCUT2D eigenvalue weighted by Crippen LogP contribution is 2.29. The van der Waals surface area contributed by atoms with Crippen LogP contribution in [0.5, 0.6) is 5.75 Å². The first-order valence-corrected chi connectivity index (χ1v) is 5.76. The van der Waals surface area contributed by atoms with E-state index < -0.39 is 4.92 Å². The molecule has 0 saturated heterocycles. The maximum absolute atomic E-state index is 13.4. The molecule has 0 radical (unpaired) electrons. The van der Waals surface area contributed by atoms with Crippen molar-refractivity contribution in [1.82, 2.24) is 0 Å². The minimum absolute atomic E-state index is 0.00417. The zero-order valence-electron chi connectivity index (χ0n) is 9.68. The largest absolute Gasteiger partial charge is 0.487 e. The number of non-ortho nitro benzene ring substituents is 1. The molecule has 0 aliphatic heterocycles. The highest BCUT2D eigenvalue weighted by Gasteiger charge is 2.11. The van der Waals surface area contributed by atoms with Crippen molar-refractivity contribution in [3.05, 3.63) is 69.0 Å². The molecular formula is C13H9ClFNO3. The van der Waals surface area contributed by atoms with E-state index in [1.807, 2.05) is 0 Å². The smallest absolute Gasteiger partial charge is 0.271 e. The van der Waals surface area contributed by atoms with Crippen LogP contribution in [-0.2, 0) is 6.61 Å². The molecule has 0 N–H and O–H groups in total. The predicted molar refractivity (Wildman–Crippen MR) is 68.8 cm³/mol. The third-order valence-corrected chi connectivity index (χ3v) is 2.76. The monoisotopic (exact) mass is 281 g/mol. The number of rotatable bonds is 4. The lowest BCUT2D eigenvalue weighted by atomic mass is 10.2. The molecule has 6 heteroatoms. The van der Waals surface area contributed by atoms with E-state index in [9.17, 15) is 14.5 Å². The fourth-order valence-electron chi connectivity index (χ4n) is 1.49. The molecule has 2 aromatic carbocycles. The number of hydrogen-bond donors (Lipinski definition) is 0. The van der Waals surface area contributed by atoms with Crippen LogP contribution in [0.25, 0.3) is 0 Å². The topological polar surface area (TPSA) is 52.4 Å². The first-order chi connectivity index (χ1) is 9.08. The van der Waals surface area contributed by atoms with Crippen molar-refractivity contribution in [2.24, 2.45) is 0 Å². The lowest BCUT2D eigenvalue weighted by Gasteiger charge is -2.08.